The van der Waals surface area contributed by atoms with Crippen LogP contribution in [-0.4, -0.2) is 33.5 Å². The second-order valence-electron chi connectivity index (χ2n) is 4.25. The minimum atomic E-state index is -0.544. The van der Waals surface area contributed by atoms with Crippen molar-refractivity contribution in [1.29, 1.82) is 0 Å². The molecule has 1 aromatic heterocycles. The monoisotopic (exact) mass is 313 g/mol. The van der Waals surface area contributed by atoms with Gasteiger partial charge in [-0.2, -0.15) is 0 Å². The van der Waals surface area contributed by atoms with Crippen molar-refractivity contribution < 1.29 is 18.6 Å². The topological polar surface area (TPSA) is 83.9 Å². The first-order chi connectivity index (χ1) is 10.1. The van der Waals surface area contributed by atoms with Crippen LogP contribution >= 0.6 is 11.6 Å². The van der Waals surface area contributed by atoms with E-state index in [2.05, 4.69) is 0 Å². The average Bonchev–Trinajstić information content (AvgIpc) is 2.47. The van der Waals surface area contributed by atoms with Gasteiger partial charge in [-0.1, -0.05) is 17.7 Å². The highest BCUT2D eigenvalue weighted by molar-refractivity contribution is 6.36. The van der Waals surface area contributed by atoms with Gasteiger partial charge in [0.05, 0.1) is 25.2 Å². The summed E-state index contributed by atoms with van der Waals surface area (Å²) in [6.45, 7) is 1.53. The maximum Gasteiger partial charge on any atom is 0.346 e. The number of anilines is 1. The lowest BCUT2D eigenvalue weighted by Crippen LogP contribution is -2.11. The Labute approximate surface area is 126 Å². The molecule has 0 saturated carbocycles. The molecule has 0 bridgehead atoms. The van der Waals surface area contributed by atoms with Crippen LogP contribution in [0.2, 0.25) is 5.02 Å². The first kappa shape index (κ1) is 15.6. The van der Waals surface area contributed by atoms with Gasteiger partial charge in [0.15, 0.2) is 0 Å². The van der Waals surface area contributed by atoms with E-state index in [4.69, 9.17) is 36.0 Å². The standard InChI is InChI=1S/C14H16ClNO5/c1-18-4-5-19-6-7-20-14-12(15)10-3-2-9(16)8-11(10)13(17)21-14/h2-3,8H,4-7,16H2,1H3. The number of rotatable bonds is 7. The van der Waals surface area contributed by atoms with E-state index in [0.29, 0.717) is 36.3 Å². The van der Waals surface area contributed by atoms with E-state index in [-0.39, 0.29) is 17.6 Å². The summed E-state index contributed by atoms with van der Waals surface area (Å²) in [6.07, 6.45) is 0. The number of methoxy groups -OCH3 is 1. The molecule has 0 atom stereocenters. The Morgan fingerprint density at radius 2 is 1.95 bits per heavy atom. The third kappa shape index (κ3) is 3.87. The summed E-state index contributed by atoms with van der Waals surface area (Å²) >= 11 is 6.17. The molecule has 2 aromatic rings. The van der Waals surface area contributed by atoms with Gasteiger partial charge in [0.2, 0.25) is 0 Å². The molecule has 1 aromatic carbocycles. The van der Waals surface area contributed by atoms with Crippen LogP contribution in [0.5, 0.6) is 5.95 Å². The zero-order valence-electron chi connectivity index (χ0n) is 11.6. The Morgan fingerprint density at radius 3 is 2.71 bits per heavy atom. The van der Waals surface area contributed by atoms with Crippen molar-refractivity contribution in [3.05, 3.63) is 33.6 Å². The molecule has 1 heterocycles. The summed E-state index contributed by atoms with van der Waals surface area (Å²) in [5.41, 5.74) is 5.56. The molecule has 2 rings (SSSR count). The second-order valence-corrected chi connectivity index (χ2v) is 4.63. The Kier molecular flexibility index (Phi) is 5.44. The Hall–Kier alpha value is -1.76. The zero-order valence-corrected chi connectivity index (χ0v) is 12.3. The van der Waals surface area contributed by atoms with Crippen molar-refractivity contribution in [2.45, 2.75) is 0 Å². The predicted octanol–water partition coefficient (Wildman–Crippen LogP) is 2.07. The van der Waals surface area contributed by atoms with Crippen LogP contribution < -0.4 is 16.1 Å². The molecule has 0 amide bonds. The quantitative estimate of drug-likeness (QED) is 0.622. The van der Waals surface area contributed by atoms with Crippen LogP contribution in [0.4, 0.5) is 5.69 Å². The molecule has 114 valence electrons. The van der Waals surface area contributed by atoms with Gasteiger partial charge in [0.1, 0.15) is 11.6 Å². The van der Waals surface area contributed by atoms with E-state index >= 15 is 0 Å². The lowest BCUT2D eigenvalue weighted by molar-refractivity contribution is 0.0496. The third-order valence-corrected chi connectivity index (χ3v) is 3.12. The number of nitrogen functional groups attached to an aromatic ring is 1. The van der Waals surface area contributed by atoms with Crippen molar-refractivity contribution in [3.8, 4) is 5.95 Å². The van der Waals surface area contributed by atoms with Crippen LogP contribution in [0.1, 0.15) is 0 Å². The fourth-order valence-electron chi connectivity index (χ4n) is 1.75. The smallest absolute Gasteiger partial charge is 0.346 e. The molecule has 0 fully saturated rings. The average molecular weight is 314 g/mol. The van der Waals surface area contributed by atoms with E-state index in [9.17, 15) is 4.79 Å². The molecular formula is C14H16ClNO5. The van der Waals surface area contributed by atoms with Gasteiger partial charge in [-0.25, -0.2) is 4.79 Å². The van der Waals surface area contributed by atoms with Crippen molar-refractivity contribution in [3.63, 3.8) is 0 Å². The molecule has 21 heavy (non-hydrogen) atoms. The Morgan fingerprint density at radius 1 is 1.19 bits per heavy atom. The minimum Gasteiger partial charge on any atom is -0.462 e. The Balaban J connectivity index is 2.09. The molecule has 7 heteroatoms. The lowest BCUT2D eigenvalue weighted by Gasteiger charge is -2.08. The molecule has 0 aliphatic rings. The van der Waals surface area contributed by atoms with Gasteiger partial charge in [-0.3, -0.25) is 0 Å². The first-order valence-corrected chi connectivity index (χ1v) is 6.72. The fourth-order valence-corrected chi connectivity index (χ4v) is 2.00. The van der Waals surface area contributed by atoms with E-state index in [1.54, 1.807) is 19.2 Å². The van der Waals surface area contributed by atoms with Crippen LogP contribution in [0.3, 0.4) is 0 Å². The van der Waals surface area contributed by atoms with Gasteiger partial charge in [0.25, 0.3) is 0 Å². The van der Waals surface area contributed by atoms with Crippen molar-refractivity contribution in [2.75, 3.05) is 39.3 Å². The number of ether oxygens (including phenoxy) is 3. The minimum absolute atomic E-state index is 0.0192. The van der Waals surface area contributed by atoms with E-state index < -0.39 is 5.63 Å². The molecule has 6 nitrogen and oxygen atoms in total. The normalized spacial score (nSPS) is 11.0. The molecule has 0 aliphatic carbocycles. The van der Waals surface area contributed by atoms with Gasteiger partial charge in [-0.05, 0) is 12.1 Å². The molecule has 0 radical (unpaired) electrons. The van der Waals surface area contributed by atoms with Crippen molar-refractivity contribution >= 4 is 28.1 Å². The van der Waals surface area contributed by atoms with Crippen LogP contribution in [0.25, 0.3) is 10.8 Å². The van der Waals surface area contributed by atoms with Gasteiger partial charge in [0, 0.05) is 18.2 Å². The maximum absolute atomic E-state index is 11.9. The summed E-state index contributed by atoms with van der Waals surface area (Å²) < 4.78 is 20.5. The maximum atomic E-state index is 11.9. The first-order valence-electron chi connectivity index (χ1n) is 6.35. The molecule has 0 aliphatic heterocycles. The highest BCUT2D eigenvalue weighted by atomic mass is 35.5. The number of fused-ring (bicyclic) bond motifs is 1. The summed E-state index contributed by atoms with van der Waals surface area (Å²) in [6, 6.07) is 4.84. The number of benzene rings is 1. The SMILES string of the molecule is COCCOCCOc1oc(=O)c2cc(N)ccc2c1Cl. The predicted molar refractivity (Wildman–Crippen MR) is 80.1 cm³/mol. The Bertz CT molecular complexity index is 670. The summed E-state index contributed by atoms with van der Waals surface area (Å²) in [5.74, 6) is -0.0192. The van der Waals surface area contributed by atoms with Crippen molar-refractivity contribution in [1.82, 2.24) is 0 Å². The number of hydrogen-bond acceptors (Lipinski definition) is 6. The summed E-state index contributed by atoms with van der Waals surface area (Å²) in [5, 5.41) is 1.10. The lowest BCUT2D eigenvalue weighted by atomic mass is 10.1. The molecule has 0 unspecified atom stereocenters. The fraction of sp³-hybridized carbons (Fsp3) is 0.357. The summed E-state index contributed by atoms with van der Waals surface area (Å²) in [4.78, 5) is 11.9. The second kappa shape index (κ2) is 7.31. The molecule has 2 N–H and O–H groups in total. The highest BCUT2D eigenvalue weighted by Crippen LogP contribution is 2.31. The van der Waals surface area contributed by atoms with Gasteiger partial charge in [-0.15, -0.1) is 0 Å². The summed E-state index contributed by atoms with van der Waals surface area (Å²) in [7, 11) is 1.59. The van der Waals surface area contributed by atoms with E-state index in [1.165, 1.54) is 6.07 Å². The van der Waals surface area contributed by atoms with Gasteiger partial charge < -0.3 is 24.4 Å². The molecule has 0 saturated heterocycles. The van der Waals surface area contributed by atoms with E-state index in [0.717, 1.165) is 0 Å². The van der Waals surface area contributed by atoms with E-state index in [1.807, 2.05) is 0 Å². The molecular weight excluding hydrogens is 298 g/mol. The number of hydrogen-bond donors (Lipinski definition) is 1. The molecule has 0 spiro atoms. The van der Waals surface area contributed by atoms with Crippen molar-refractivity contribution in [2.24, 2.45) is 0 Å². The zero-order chi connectivity index (χ0) is 15.2. The number of halogens is 1. The number of nitrogens with two attached hydrogens (primary N) is 1. The van der Waals surface area contributed by atoms with Crippen LogP contribution in [0, 0.1) is 0 Å². The largest absolute Gasteiger partial charge is 0.462 e. The van der Waals surface area contributed by atoms with Gasteiger partial charge >= 0.3 is 11.6 Å². The highest BCUT2D eigenvalue weighted by Gasteiger charge is 2.13. The van der Waals surface area contributed by atoms with Crippen LogP contribution in [-0.2, 0) is 9.47 Å². The van der Waals surface area contributed by atoms with Crippen LogP contribution in [0.15, 0.2) is 27.4 Å². The third-order valence-electron chi connectivity index (χ3n) is 2.76.